The minimum absolute atomic E-state index is 0.260. The minimum Gasteiger partial charge on any atom is -0.379 e. The summed E-state index contributed by atoms with van der Waals surface area (Å²) in [7, 11) is 0. The Morgan fingerprint density at radius 1 is 1.39 bits per heavy atom. The van der Waals surface area contributed by atoms with E-state index in [0.29, 0.717) is 24.5 Å². The second-order valence-electron chi connectivity index (χ2n) is 4.45. The Hall–Kier alpha value is -1.79. The van der Waals surface area contributed by atoms with E-state index in [2.05, 4.69) is 20.4 Å². The zero-order valence-corrected chi connectivity index (χ0v) is 9.83. The van der Waals surface area contributed by atoms with E-state index in [-0.39, 0.29) is 5.89 Å². The van der Waals surface area contributed by atoms with Crippen LogP contribution in [0.5, 0.6) is 0 Å². The van der Waals surface area contributed by atoms with Gasteiger partial charge < -0.3 is 14.9 Å². The summed E-state index contributed by atoms with van der Waals surface area (Å²) in [6.07, 6.45) is 3.18. The Labute approximate surface area is 104 Å². The lowest BCUT2D eigenvalue weighted by Gasteiger charge is -2.28. The maximum atomic E-state index is 10.4. The van der Waals surface area contributed by atoms with Crippen molar-refractivity contribution < 1.29 is 9.63 Å². The van der Waals surface area contributed by atoms with Crippen molar-refractivity contribution in [1.29, 1.82) is 0 Å². The van der Waals surface area contributed by atoms with E-state index in [1.807, 2.05) is 12.1 Å². The first-order valence-corrected chi connectivity index (χ1v) is 5.97. The molecular weight excluding hydrogens is 232 g/mol. The summed E-state index contributed by atoms with van der Waals surface area (Å²) in [6, 6.07) is 5.48. The first-order valence-electron chi connectivity index (χ1n) is 5.97. The van der Waals surface area contributed by atoms with Crippen LogP contribution < -0.4 is 5.32 Å². The summed E-state index contributed by atoms with van der Waals surface area (Å²) in [6.45, 7) is 1.35. The molecule has 3 rings (SSSR count). The van der Waals surface area contributed by atoms with Gasteiger partial charge in [-0.3, -0.25) is 4.98 Å². The molecule has 2 aromatic heterocycles. The highest BCUT2D eigenvalue weighted by molar-refractivity contribution is 5.47. The Kier molecular flexibility index (Phi) is 2.81. The molecule has 94 valence electrons. The highest BCUT2D eigenvalue weighted by Crippen LogP contribution is 2.28. The van der Waals surface area contributed by atoms with E-state index in [9.17, 15) is 5.11 Å². The van der Waals surface area contributed by atoms with Crippen molar-refractivity contribution in [3.8, 4) is 11.5 Å². The van der Waals surface area contributed by atoms with E-state index < -0.39 is 5.60 Å². The quantitative estimate of drug-likeness (QED) is 0.811. The van der Waals surface area contributed by atoms with Crippen LogP contribution in [-0.4, -0.2) is 33.3 Å². The lowest BCUT2D eigenvalue weighted by atomic mass is 9.94. The molecule has 1 aliphatic rings. The van der Waals surface area contributed by atoms with Gasteiger partial charge in [0.1, 0.15) is 5.69 Å². The molecule has 0 bridgehead atoms. The third-order valence-electron chi connectivity index (χ3n) is 3.08. The summed E-state index contributed by atoms with van der Waals surface area (Å²) in [5.41, 5.74) is -0.418. The number of β-amino-alcohol motifs (C(OH)–C–C–N with tert-alkyl or cyclic N) is 1. The summed E-state index contributed by atoms with van der Waals surface area (Å²) >= 11 is 0. The van der Waals surface area contributed by atoms with Crippen LogP contribution in [0.3, 0.4) is 0 Å². The second-order valence-corrected chi connectivity index (χ2v) is 4.45. The van der Waals surface area contributed by atoms with Gasteiger partial charge in [0, 0.05) is 12.7 Å². The van der Waals surface area contributed by atoms with Gasteiger partial charge in [-0.05, 0) is 31.5 Å². The SMILES string of the molecule is OC1(c2nc(-c3ccccn3)no2)CCCNC1. The zero-order valence-electron chi connectivity index (χ0n) is 9.83. The lowest BCUT2D eigenvalue weighted by Crippen LogP contribution is -2.43. The van der Waals surface area contributed by atoms with Crippen molar-refractivity contribution in [2.45, 2.75) is 18.4 Å². The molecule has 6 nitrogen and oxygen atoms in total. The van der Waals surface area contributed by atoms with Gasteiger partial charge in [0.15, 0.2) is 5.60 Å². The number of pyridine rings is 1. The number of aromatic nitrogens is 3. The molecule has 0 spiro atoms. The van der Waals surface area contributed by atoms with Crippen molar-refractivity contribution in [3.63, 3.8) is 0 Å². The van der Waals surface area contributed by atoms with Crippen LogP contribution in [0.4, 0.5) is 0 Å². The zero-order chi connectivity index (χ0) is 12.4. The second kappa shape index (κ2) is 4.47. The van der Waals surface area contributed by atoms with Crippen LogP contribution in [0.15, 0.2) is 28.9 Å². The standard InChI is InChI=1S/C12H14N4O2/c17-12(5-3-6-13-8-12)11-15-10(16-18-11)9-4-1-2-7-14-9/h1-2,4,7,13,17H,3,5-6,8H2. The molecule has 0 amide bonds. The Morgan fingerprint density at radius 2 is 2.33 bits per heavy atom. The molecule has 1 saturated heterocycles. The van der Waals surface area contributed by atoms with Crippen LogP contribution in [0.2, 0.25) is 0 Å². The van der Waals surface area contributed by atoms with Crippen molar-refractivity contribution in [2.75, 3.05) is 13.1 Å². The molecule has 2 aromatic rings. The van der Waals surface area contributed by atoms with Crippen LogP contribution in [0, 0.1) is 0 Å². The van der Waals surface area contributed by atoms with Gasteiger partial charge in [-0.2, -0.15) is 4.98 Å². The topological polar surface area (TPSA) is 84.1 Å². The highest BCUT2D eigenvalue weighted by atomic mass is 16.5. The maximum absolute atomic E-state index is 10.4. The van der Waals surface area contributed by atoms with Crippen molar-refractivity contribution >= 4 is 0 Å². The molecule has 1 unspecified atom stereocenters. The monoisotopic (exact) mass is 246 g/mol. The molecule has 6 heteroatoms. The number of piperidine rings is 1. The van der Waals surface area contributed by atoms with E-state index in [4.69, 9.17) is 4.52 Å². The molecule has 0 saturated carbocycles. The highest BCUT2D eigenvalue weighted by Gasteiger charge is 2.37. The average molecular weight is 246 g/mol. The summed E-state index contributed by atoms with van der Waals surface area (Å²) < 4.78 is 5.17. The number of aliphatic hydroxyl groups is 1. The Balaban J connectivity index is 1.89. The normalized spacial score (nSPS) is 24.1. The fourth-order valence-electron chi connectivity index (χ4n) is 2.08. The summed E-state index contributed by atoms with van der Waals surface area (Å²) in [5, 5.41) is 17.4. The predicted octanol–water partition coefficient (Wildman–Crippen LogP) is 0.703. The van der Waals surface area contributed by atoms with Crippen LogP contribution in [-0.2, 0) is 5.60 Å². The third-order valence-corrected chi connectivity index (χ3v) is 3.08. The number of rotatable bonds is 2. The van der Waals surface area contributed by atoms with Crippen molar-refractivity contribution in [3.05, 3.63) is 30.3 Å². The third kappa shape index (κ3) is 2.00. The molecule has 1 aliphatic heterocycles. The van der Waals surface area contributed by atoms with Crippen LogP contribution in [0.25, 0.3) is 11.5 Å². The predicted molar refractivity (Wildman–Crippen MR) is 63.5 cm³/mol. The van der Waals surface area contributed by atoms with Gasteiger partial charge in [0.2, 0.25) is 5.82 Å². The number of hydrogen-bond acceptors (Lipinski definition) is 6. The molecule has 2 N–H and O–H groups in total. The molecule has 0 radical (unpaired) electrons. The van der Waals surface area contributed by atoms with Gasteiger partial charge in [-0.25, -0.2) is 0 Å². The Morgan fingerprint density at radius 3 is 3.06 bits per heavy atom. The van der Waals surface area contributed by atoms with Gasteiger partial charge >= 0.3 is 0 Å². The fraction of sp³-hybridized carbons (Fsp3) is 0.417. The molecule has 1 fully saturated rings. The molecular formula is C12H14N4O2. The van der Waals surface area contributed by atoms with E-state index >= 15 is 0 Å². The minimum atomic E-state index is -1.06. The summed E-state index contributed by atoms with van der Waals surface area (Å²) in [5.74, 6) is 0.667. The number of nitrogens with zero attached hydrogens (tertiary/aromatic N) is 3. The van der Waals surface area contributed by atoms with Crippen molar-refractivity contribution in [2.24, 2.45) is 0 Å². The van der Waals surface area contributed by atoms with Crippen LogP contribution >= 0.6 is 0 Å². The number of hydrogen-bond donors (Lipinski definition) is 2. The first-order chi connectivity index (χ1) is 8.78. The molecule has 0 aromatic carbocycles. The maximum Gasteiger partial charge on any atom is 0.260 e. The van der Waals surface area contributed by atoms with Crippen molar-refractivity contribution in [1.82, 2.24) is 20.4 Å². The largest absolute Gasteiger partial charge is 0.379 e. The lowest BCUT2D eigenvalue weighted by molar-refractivity contribution is -0.0167. The van der Waals surface area contributed by atoms with Gasteiger partial charge in [0.05, 0.1) is 0 Å². The number of nitrogens with one attached hydrogen (secondary N) is 1. The van der Waals surface area contributed by atoms with E-state index in [1.54, 1.807) is 12.3 Å². The van der Waals surface area contributed by atoms with Gasteiger partial charge in [-0.15, -0.1) is 0 Å². The van der Waals surface area contributed by atoms with Crippen LogP contribution in [0.1, 0.15) is 18.7 Å². The molecule has 1 atom stereocenters. The fourth-order valence-corrected chi connectivity index (χ4v) is 2.08. The van der Waals surface area contributed by atoms with E-state index in [1.165, 1.54) is 0 Å². The Bertz CT molecular complexity index is 520. The summed E-state index contributed by atoms with van der Waals surface area (Å²) in [4.78, 5) is 8.39. The first kappa shape index (κ1) is 11.3. The smallest absolute Gasteiger partial charge is 0.260 e. The van der Waals surface area contributed by atoms with Gasteiger partial charge in [-0.1, -0.05) is 11.2 Å². The average Bonchev–Trinajstić information content (AvgIpc) is 2.91. The molecule has 0 aliphatic carbocycles. The van der Waals surface area contributed by atoms with E-state index in [0.717, 1.165) is 13.0 Å². The molecule has 3 heterocycles. The molecule has 18 heavy (non-hydrogen) atoms. The van der Waals surface area contributed by atoms with Gasteiger partial charge in [0.25, 0.3) is 5.89 Å².